The molecule has 3 aromatic rings. The molecule has 6 nitrogen and oxygen atoms in total. The smallest absolute Gasteiger partial charge is 0.243 e. The molecule has 0 bridgehead atoms. The molecule has 3 atom stereocenters. The number of fused-ring (bicyclic) bond motifs is 1. The Bertz CT molecular complexity index is 1290. The number of benzene rings is 3. The predicted molar refractivity (Wildman–Crippen MR) is 137 cm³/mol. The summed E-state index contributed by atoms with van der Waals surface area (Å²) < 4.78 is 28.9. The molecule has 0 radical (unpaired) electrons. The van der Waals surface area contributed by atoms with Gasteiger partial charge in [-0.25, -0.2) is 8.42 Å². The highest BCUT2D eigenvalue weighted by Crippen LogP contribution is 2.43. The molecule has 0 aromatic heterocycles. The quantitative estimate of drug-likeness (QED) is 0.563. The van der Waals surface area contributed by atoms with Gasteiger partial charge in [-0.3, -0.25) is 4.90 Å². The van der Waals surface area contributed by atoms with Crippen molar-refractivity contribution in [1.82, 2.24) is 9.21 Å². The van der Waals surface area contributed by atoms with Crippen LogP contribution in [0, 0.1) is 6.92 Å². The minimum Gasteiger partial charge on any atom is -0.508 e. The maximum atomic E-state index is 13.6. The van der Waals surface area contributed by atoms with Gasteiger partial charge in [0, 0.05) is 31.1 Å². The second-order valence-electron chi connectivity index (χ2n) is 9.59. The van der Waals surface area contributed by atoms with E-state index in [1.165, 1.54) is 0 Å². The van der Waals surface area contributed by atoms with Gasteiger partial charge in [-0.1, -0.05) is 54.6 Å². The van der Waals surface area contributed by atoms with Gasteiger partial charge < -0.3 is 10.2 Å². The van der Waals surface area contributed by atoms with Crippen LogP contribution >= 0.6 is 0 Å². The molecule has 7 heteroatoms. The Balaban J connectivity index is 1.43. The van der Waals surface area contributed by atoms with Gasteiger partial charge in [0.1, 0.15) is 5.75 Å². The number of aryl methyl sites for hydroxylation is 1. The number of rotatable bonds is 5. The number of nitrogens with zero attached hydrogens (tertiary/aromatic N) is 2. The number of hydrogen-bond acceptors (Lipinski definition) is 5. The molecule has 184 valence electrons. The number of aliphatic hydroxyl groups excluding tert-OH is 1. The Kier molecular flexibility index (Phi) is 6.68. The molecule has 2 saturated heterocycles. The van der Waals surface area contributed by atoms with Crippen LogP contribution in [0.25, 0.3) is 11.1 Å². The molecule has 3 aromatic carbocycles. The first-order chi connectivity index (χ1) is 16.9. The maximum absolute atomic E-state index is 13.6. The van der Waals surface area contributed by atoms with Crippen molar-refractivity contribution >= 4 is 10.0 Å². The van der Waals surface area contributed by atoms with Gasteiger partial charge in [-0.05, 0) is 66.8 Å². The van der Waals surface area contributed by atoms with Gasteiger partial charge in [0.2, 0.25) is 10.0 Å². The van der Waals surface area contributed by atoms with E-state index in [1.807, 2.05) is 43.3 Å². The van der Waals surface area contributed by atoms with E-state index in [2.05, 4.69) is 17.0 Å². The molecule has 5 rings (SSSR count). The summed E-state index contributed by atoms with van der Waals surface area (Å²) in [7, 11) is -3.61. The van der Waals surface area contributed by atoms with Crippen LogP contribution in [0.2, 0.25) is 0 Å². The molecular formula is C28H32N2O4S. The zero-order valence-electron chi connectivity index (χ0n) is 19.9. The SMILES string of the molecule is Cc1ccccc1S(=O)(=O)N1CCCCN2[C@H](CO)C(c3ccc(-c4cccc(O)c4)cc3)[C@@H]2C1. The van der Waals surface area contributed by atoms with E-state index >= 15 is 0 Å². The lowest BCUT2D eigenvalue weighted by atomic mass is 9.74. The van der Waals surface area contributed by atoms with Crippen LogP contribution in [0.5, 0.6) is 5.75 Å². The van der Waals surface area contributed by atoms with E-state index < -0.39 is 10.0 Å². The van der Waals surface area contributed by atoms with Gasteiger partial charge in [0.25, 0.3) is 0 Å². The van der Waals surface area contributed by atoms with Crippen molar-refractivity contribution in [3.63, 3.8) is 0 Å². The zero-order chi connectivity index (χ0) is 24.6. The topological polar surface area (TPSA) is 81.1 Å². The molecule has 2 aliphatic heterocycles. The molecule has 1 unspecified atom stereocenters. The van der Waals surface area contributed by atoms with E-state index in [4.69, 9.17) is 0 Å². The lowest BCUT2D eigenvalue weighted by Crippen LogP contribution is -2.67. The number of phenolic OH excluding ortho intramolecular Hbond substituents is 1. The Morgan fingerprint density at radius 3 is 2.37 bits per heavy atom. The van der Waals surface area contributed by atoms with Crippen molar-refractivity contribution in [3.8, 4) is 16.9 Å². The average molecular weight is 493 g/mol. The van der Waals surface area contributed by atoms with Crippen LogP contribution in [-0.4, -0.2) is 66.2 Å². The molecule has 35 heavy (non-hydrogen) atoms. The van der Waals surface area contributed by atoms with Gasteiger partial charge in [0.05, 0.1) is 11.5 Å². The number of phenols is 1. The Morgan fingerprint density at radius 1 is 0.914 bits per heavy atom. The second-order valence-corrected chi connectivity index (χ2v) is 11.5. The van der Waals surface area contributed by atoms with E-state index in [-0.39, 0.29) is 30.4 Å². The van der Waals surface area contributed by atoms with E-state index in [9.17, 15) is 18.6 Å². The van der Waals surface area contributed by atoms with Crippen LogP contribution in [0.4, 0.5) is 0 Å². The van der Waals surface area contributed by atoms with Crippen molar-refractivity contribution in [2.24, 2.45) is 0 Å². The molecule has 0 saturated carbocycles. The summed E-state index contributed by atoms with van der Waals surface area (Å²) in [6.07, 6.45) is 1.70. The number of aliphatic hydroxyl groups is 1. The maximum Gasteiger partial charge on any atom is 0.243 e. The summed E-state index contributed by atoms with van der Waals surface area (Å²) >= 11 is 0. The molecule has 0 spiro atoms. The lowest BCUT2D eigenvalue weighted by Gasteiger charge is -2.57. The third kappa shape index (κ3) is 4.49. The highest BCUT2D eigenvalue weighted by molar-refractivity contribution is 7.89. The van der Waals surface area contributed by atoms with E-state index in [1.54, 1.807) is 28.6 Å². The third-order valence-electron chi connectivity index (χ3n) is 7.52. The zero-order valence-corrected chi connectivity index (χ0v) is 20.7. The fourth-order valence-corrected chi connectivity index (χ4v) is 7.42. The van der Waals surface area contributed by atoms with Crippen molar-refractivity contribution in [1.29, 1.82) is 0 Å². The summed E-state index contributed by atoms with van der Waals surface area (Å²) in [5.74, 6) is 0.275. The average Bonchev–Trinajstić information content (AvgIpc) is 2.83. The molecule has 0 aliphatic carbocycles. The Labute approximate surface area is 207 Å². The summed E-state index contributed by atoms with van der Waals surface area (Å²) in [5, 5.41) is 20.0. The summed E-state index contributed by atoms with van der Waals surface area (Å²) in [5.41, 5.74) is 3.80. The van der Waals surface area contributed by atoms with Crippen LogP contribution in [-0.2, 0) is 10.0 Å². The van der Waals surface area contributed by atoms with Gasteiger partial charge in [0.15, 0.2) is 0 Å². The van der Waals surface area contributed by atoms with Crippen LogP contribution in [0.15, 0.2) is 77.7 Å². The van der Waals surface area contributed by atoms with Crippen molar-refractivity contribution in [3.05, 3.63) is 83.9 Å². The summed E-state index contributed by atoms with van der Waals surface area (Å²) in [6, 6.07) is 22.5. The van der Waals surface area contributed by atoms with Crippen LogP contribution in [0.3, 0.4) is 0 Å². The minimum atomic E-state index is -3.61. The summed E-state index contributed by atoms with van der Waals surface area (Å²) in [6.45, 7) is 3.66. The van der Waals surface area contributed by atoms with E-state index in [0.29, 0.717) is 18.0 Å². The minimum absolute atomic E-state index is 0.0119. The molecule has 2 fully saturated rings. The Morgan fingerprint density at radius 2 is 1.66 bits per heavy atom. The molecule has 2 aliphatic rings. The van der Waals surface area contributed by atoms with Crippen molar-refractivity contribution in [2.45, 2.75) is 42.7 Å². The first-order valence-corrected chi connectivity index (χ1v) is 13.7. The highest BCUT2D eigenvalue weighted by atomic mass is 32.2. The highest BCUT2D eigenvalue weighted by Gasteiger charge is 2.50. The normalized spacial score (nSPS) is 23.7. The van der Waals surface area contributed by atoms with Crippen molar-refractivity contribution < 1.29 is 18.6 Å². The number of hydrogen-bond donors (Lipinski definition) is 2. The van der Waals surface area contributed by atoms with Crippen LogP contribution < -0.4 is 0 Å². The summed E-state index contributed by atoms with van der Waals surface area (Å²) in [4.78, 5) is 2.66. The molecule has 2 heterocycles. The van der Waals surface area contributed by atoms with Gasteiger partial charge in [-0.15, -0.1) is 0 Å². The predicted octanol–water partition coefficient (Wildman–Crippen LogP) is 3.98. The van der Waals surface area contributed by atoms with Crippen molar-refractivity contribution in [2.75, 3.05) is 26.2 Å². The van der Waals surface area contributed by atoms with Gasteiger partial charge in [-0.2, -0.15) is 4.31 Å². The molecule has 2 N–H and O–H groups in total. The fourth-order valence-electron chi connectivity index (χ4n) is 5.70. The number of sulfonamides is 1. The molecule has 0 amide bonds. The number of aromatic hydroxyl groups is 1. The van der Waals surface area contributed by atoms with E-state index in [0.717, 1.165) is 41.6 Å². The third-order valence-corrected chi connectivity index (χ3v) is 9.54. The molecular weight excluding hydrogens is 460 g/mol. The first kappa shape index (κ1) is 24.0. The Hall–Kier alpha value is -2.71. The standard InChI is InChI=1S/C28H32N2O4S/c1-20-7-2-3-10-27(20)35(33,34)29-15-4-5-16-30-25(18-29)28(26(30)19-31)22-13-11-21(12-14-22)23-8-6-9-24(32)17-23/h2-3,6-14,17,25-26,28,31-32H,4-5,15-16,18-19H2,1H3/t25-,26+,28?/m0/s1. The second kappa shape index (κ2) is 9.74. The van der Waals surface area contributed by atoms with Crippen LogP contribution in [0.1, 0.15) is 29.9 Å². The fraction of sp³-hybridized carbons (Fsp3) is 0.357. The first-order valence-electron chi connectivity index (χ1n) is 12.2. The lowest BCUT2D eigenvalue weighted by molar-refractivity contribution is -0.0553. The largest absolute Gasteiger partial charge is 0.508 e. The monoisotopic (exact) mass is 492 g/mol. The van der Waals surface area contributed by atoms with Gasteiger partial charge >= 0.3 is 0 Å².